The van der Waals surface area contributed by atoms with E-state index >= 15 is 0 Å². The Morgan fingerprint density at radius 1 is 1.25 bits per heavy atom. The molecule has 0 saturated heterocycles. The topological polar surface area (TPSA) is 12.0 Å². The molecule has 0 bridgehead atoms. The van der Waals surface area contributed by atoms with Gasteiger partial charge in [-0.05, 0) is 75.0 Å². The Hall–Kier alpha value is -0.230. The average Bonchev–Trinajstić information content (AvgIpc) is 2.86. The van der Waals surface area contributed by atoms with Crippen LogP contribution >= 0.6 is 43.2 Å². The molecule has 1 unspecified atom stereocenters. The Morgan fingerprint density at radius 2 is 2.05 bits per heavy atom. The van der Waals surface area contributed by atoms with Gasteiger partial charge in [-0.15, -0.1) is 11.3 Å². The molecule has 0 aliphatic heterocycles. The van der Waals surface area contributed by atoms with Crippen molar-refractivity contribution in [3.05, 3.63) is 54.8 Å². The minimum absolute atomic E-state index is 0.205. The molecule has 0 amide bonds. The van der Waals surface area contributed by atoms with Crippen LogP contribution < -0.4 is 5.32 Å². The second kappa shape index (κ2) is 7.69. The summed E-state index contributed by atoms with van der Waals surface area (Å²) >= 11 is 8.57. The lowest BCUT2D eigenvalue weighted by atomic mass is 10.0. The minimum Gasteiger partial charge on any atom is -0.309 e. The van der Waals surface area contributed by atoms with Crippen molar-refractivity contribution in [1.82, 2.24) is 5.32 Å². The first-order chi connectivity index (χ1) is 9.61. The van der Waals surface area contributed by atoms with Crippen LogP contribution in [0.3, 0.4) is 0 Å². The third kappa shape index (κ3) is 4.13. The van der Waals surface area contributed by atoms with E-state index < -0.39 is 0 Å². The quantitative estimate of drug-likeness (QED) is 0.632. The maximum absolute atomic E-state index is 13.6. The van der Waals surface area contributed by atoms with E-state index in [-0.39, 0.29) is 11.9 Å². The average molecular weight is 421 g/mol. The molecule has 108 valence electrons. The van der Waals surface area contributed by atoms with Crippen molar-refractivity contribution in [3.63, 3.8) is 0 Å². The summed E-state index contributed by atoms with van der Waals surface area (Å²) in [7, 11) is 0. The molecule has 1 aromatic carbocycles. The van der Waals surface area contributed by atoms with Gasteiger partial charge in [0, 0.05) is 10.9 Å². The SMILES string of the molecule is CCCNC(Cc1cccc(F)c1Br)c1ccc(Br)s1. The second-order valence-corrected chi connectivity index (χ2v) is 7.85. The van der Waals surface area contributed by atoms with E-state index in [0.29, 0.717) is 4.47 Å². The van der Waals surface area contributed by atoms with Crippen LogP contribution in [-0.4, -0.2) is 6.54 Å². The smallest absolute Gasteiger partial charge is 0.137 e. The van der Waals surface area contributed by atoms with E-state index in [2.05, 4.69) is 56.2 Å². The maximum atomic E-state index is 13.6. The maximum Gasteiger partial charge on any atom is 0.137 e. The Bertz CT molecular complexity index is 571. The zero-order valence-electron chi connectivity index (χ0n) is 11.1. The van der Waals surface area contributed by atoms with E-state index in [1.807, 2.05) is 6.07 Å². The molecule has 1 atom stereocenters. The highest BCUT2D eigenvalue weighted by atomic mass is 79.9. The number of benzene rings is 1. The van der Waals surface area contributed by atoms with Gasteiger partial charge in [-0.1, -0.05) is 19.1 Å². The molecule has 1 heterocycles. The van der Waals surface area contributed by atoms with Gasteiger partial charge in [-0.2, -0.15) is 0 Å². The van der Waals surface area contributed by atoms with Gasteiger partial charge >= 0.3 is 0 Å². The first kappa shape index (κ1) is 16.1. The number of hydrogen-bond donors (Lipinski definition) is 1. The summed E-state index contributed by atoms with van der Waals surface area (Å²) in [6.07, 6.45) is 1.85. The molecule has 20 heavy (non-hydrogen) atoms. The van der Waals surface area contributed by atoms with Crippen LogP contribution in [0, 0.1) is 5.82 Å². The van der Waals surface area contributed by atoms with Crippen molar-refractivity contribution >= 4 is 43.2 Å². The second-order valence-electron chi connectivity index (χ2n) is 4.57. The highest BCUT2D eigenvalue weighted by Crippen LogP contribution is 2.31. The van der Waals surface area contributed by atoms with Gasteiger partial charge < -0.3 is 5.32 Å². The lowest BCUT2D eigenvalue weighted by molar-refractivity contribution is 0.533. The summed E-state index contributed by atoms with van der Waals surface area (Å²) in [5, 5.41) is 3.54. The van der Waals surface area contributed by atoms with E-state index in [1.165, 1.54) is 10.9 Å². The fourth-order valence-corrected chi connectivity index (χ4v) is 3.96. The van der Waals surface area contributed by atoms with Crippen LogP contribution in [-0.2, 0) is 6.42 Å². The molecule has 0 spiro atoms. The Labute approximate surface area is 139 Å². The summed E-state index contributed by atoms with van der Waals surface area (Å²) in [6.45, 7) is 3.10. The molecule has 0 radical (unpaired) electrons. The normalized spacial score (nSPS) is 12.6. The molecule has 1 aromatic heterocycles. The van der Waals surface area contributed by atoms with E-state index in [1.54, 1.807) is 17.4 Å². The highest BCUT2D eigenvalue weighted by molar-refractivity contribution is 9.11. The number of nitrogens with one attached hydrogen (secondary N) is 1. The molecule has 1 N–H and O–H groups in total. The molecular weight excluding hydrogens is 405 g/mol. The molecule has 0 fully saturated rings. The van der Waals surface area contributed by atoms with Crippen LogP contribution in [0.1, 0.15) is 29.8 Å². The Morgan fingerprint density at radius 3 is 2.70 bits per heavy atom. The Kier molecular flexibility index (Phi) is 6.20. The monoisotopic (exact) mass is 419 g/mol. The molecule has 5 heteroatoms. The molecule has 0 saturated carbocycles. The van der Waals surface area contributed by atoms with Crippen molar-refractivity contribution in [1.29, 1.82) is 0 Å². The van der Waals surface area contributed by atoms with Gasteiger partial charge in [0.25, 0.3) is 0 Å². The Balaban J connectivity index is 2.21. The molecule has 0 aliphatic carbocycles. The third-order valence-electron chi connectivity index (χ3n) is 3.03. The van der Waals surface area contributed by atoms with E-state index in [4.69, 9.17) is 0 Å². The summed E-state index contributed by atoms with van der Waals surface area (Å²) in [6, 6.07) is 9.59. The predicted octanol–water partition coefficient (Wildman–Crippen LogP) is 5.70. The van der Waals surface area contributed by atoms with Gasteiger partial charge in [0.15, 0.2) is 0 Å². The zero-order chi connectivity index (χ0) is 14.5. The molecule has 1 nitrogen and oxygen atoms in total. The molecular formula is C15H16Br2FNS. The van der Waals surface area contributed by atoms with Crippen molar-refractivity contribution < 1.29 is 4.39 Å². The molecule has 2 rings (SSSR count). The van der Waals surface area contributed by atoms with E-state index in [0.717, 1.165) is 28.7 Å². The lowest BCUT2D eigenvalue weighted by Crippen LogP contribution is -2.23. The lowest BCUT2D eigenvalue weighted by Gasteiger charge is -2.18. The summed E-state index contributed by atoms with van der Waals surface area (Å²) in [5.41, 5.74) is 0.989. The van der Waals surface area contributed by atoms with E-state index in [9.17, 15) is 4.39 Å². The van der Waals surface area contributed by atoms with Crippen LogP contribution in [0.5, 0.6) is 0 Å². The number of halogens is 3. The fraction of sp³-hybridized carbons (Fsp3) is 0.333. The number of rotatable bonds is 6. The number of hydrogen-bond acceptors (Lipinski definition) is 2. The van der Waals surface area contributed by atoms with Crippen molar-refractivity contribution in [2.45, 2.75) is 25.8 Å². The van der Waals surface area contributed by atoms with Crippen molar-refractivity contribution in [2.75, 3.05) is 6.54 Å². The first-order valence-electron chi connectivity index (χ1n) is 6.53. The zero-order valence-corrected chi connectivity index (χ0v) is 15.1. The van der Waals surface area contributed by atoms with Crippen LogP contribution in [0.4, 0.5) is 4.39 Å². The standard InChI is InChI=1S/C15H16Br2FNS/c1-2-8-19-12(13-6-7-14(16)20-13)9-10-4-3-5-11(18)15(10)17/h3-7,12,19H,2,8-9H2,1H3. The van der Waals surface area contributed by atoms with Gasteiger partial charge in [-0.25, -0.2) is 4.39 Å². The largest absolute Gasteiger partial charge is 0.309 e. The first-order valence-corrected chi connectivity index (χ1v) is 8.93. The van der Waals surface area contributed by atoms with Crippen molar-refractivity contribution in [2.24, 2.45) is 0 Å². The van der Waals surface area contributed by atoms with Gasteiger partial charge in [0.1, 0.15) is 5.82 Å². The third-order valence-corrected chi connectivity index (χ3v) is 5.66. The summed E-state index contributed by atoms with van der Waals surface area (Å²) in [5.74, 6) is -0.205. The summed E-state index contributed by atoms with van der Waals surface area (Å²) in [4.78, 5) is 1.27. The van der Waals surface area contributed by atoms with Crippen LogP contribution in [0.15, 0.2) is 38.6 Å². The van der Waals surface area contributed by atoms with Crippen LogP contribution in [0.25, 0.3) is 0 Å². The summed E-state index contributed by atoms with van der Waals surface area (Å²) < 4.78 is 15.3. The number of thiophene rings is 1. The van der Waals surface area contributed by atoms with Gasteiger partial charge in [0.2, 0.25) is 0 Å². The van der Waals surface area contributed by atoms with Gasteiger partial charge in [-0.3, -0.25) is 0 Å². The molecule has 0 aliphatic rings. The minimum atomic E-state index is -0.205. The highest BCUT2D eigenvalue weighted by Gasteiger charge is 2.16. The molecule has 2 aromatic rings. The van der Waals surface area contributed by atoms with Crippen LogP contribution in [0.2, 0.25) is 0 Å². The van der Waals surface area contributed by atoms with Gasteiger partial charge in [0.05, 0.1) is 8.26 Å². The predicted molar refractivity (Wildman–Crippen MR) is 90.9 cm³/mol. The fourth-order valence-electron chi connectivity index (χ4n) is 2.03. The van der Waals surface area contributed by atoms with Crippen molar-refractivity contribution in [3.8, 4) is 0 Å².